The highest BCUT2D eigenvalue weighted by Gasteiger charge is 2.12. The monoisotopic (exact) mass is 252 g/mol. The molecule has 0 aromatic carbocycles. The zero-order valence-corrected chi connectivity index (χ0v) is 10.8. The summed E-state index contributed by atoms with van der Waals surface area (Å²) >= 11 is 0. The van der Waals surface area contributed by atoms with Crippen LogP contribution in [-0.4, -0.2) is 16.5 Å². The van der Waals surface area contributed by atoms with Gasteiger partial charge in [-0.2, -0.15) is 0 Å². The highest BCUT2D eigenvalue weighted by Crippen LogP contribution is 2.20. The number of nitrogens with one attached hydrogen (secondary N) is 1. The maximum atomic E-state index is 10.6. The number of aromatic nitrogens is 1. The van der Waals surface area contributed by atoms with Crippen LogP contribution in [0, 0.1) is 16.0 Å². The number of hydrogen-bond donors (Lipinski definition) is 2. The zero-order chi connectivity index (χ0) is 13.5. The summed E-state index contributed by atoms with van der Waals surface area (Å²) in [5, 5.41) is 13.7. The van der Waals surface area contributed by atoms with E-state index in [1.54, 1.807) is 6.07 Å². The summed E-state index contributed by atoms with van der Waals surface area (Å²) in [6.07, 6.45) is 3.39. The van der Waals surface area contributed by atoms with Crippen LogP contribution in [0.25, 0.3) is 0 Å². The van der Waals surface area contributed by atoms with Crippen molar-refractivity contribution in [2.75, 3.05) is 17.6 Å². The van der Waals surface area contributed by atoms with Gasteiger partial charge in [0.05, 0.1) is 4.92 Å². The van der Waals surface area contributed by atoms with Crippen molar-refractivity contribution in [1.82, 2.24) is 4.98 Å². The lowest BCUT2D eigenvalue weighted by molar-refractivity contribution is -0.384. The van der Waals surface area contributed by atoms with Crippen LogP contribution in [0.5, 0.6) is 0 Å². The van der Waals surface area contributed by atoms with Crippen LogP contribution in [0.15, 0.2) is 12.1 Å². The lowest BCUT2D eigenvalue weighted by Crippen LogP contribution is -2.07. The molecule has 3 N–H and O–H groups in total. The van der Waals surface area contributed by atoms with E-state index in [0.717, 1.165) is 25.3 Å². The number of rotatable bonds is 7. The summed E-state index contributed by atoms with van der Waals surface area (Å²) in [6.45, 7) is 5.20. The fraction of sp³-hybridized carbons (Fsp3) is 0.583. The minimum Gasteiger partial charge on any atom is -0.378 e. The summed E-state index contributed by atoms with van der Waals surface area (Å²) in [4.78, 5) is 14.0. The van der Waals surface area contributed by atoms with E-state index >= 15 is 0 Å². The predicted molar refractivity (Wildman–Crippen MR) is 72.5 cm³/mol. The van der Waals surface area contributed by atoms with E-state index in [1.807, 2.05) is 0 Å². The Morgan fingerprint density at radius 2 is 2.28 bits per heavy atom. The van der Waals surface area contributed by atoms with Gasteiger partial charge in [-0.1, -0.05) is 20.3 Å². The van der Waals surface area contributed by atoms with Crippen molar-refractivity contribution in [2.45, 2.75) is 33.1 Å². The second-order valence-corrected chi connectivity index (χ2v) is 4.44. The lowest BCUT2D eigenvalue weighted by Gasteiger charge is -2.09. The Bertz CT molecular complexity index is 409. The number of anilines is 2. The van der Waals surface area contributed by atoms with Crippen LogP contribution in [0.3, 0.4) is 0 Å². The maximum Gasteiger partial charge on any atom is 0.311 e. The van der Waals surface area contributed by atoms with Gasteiger partial charge in [-0.25, -0.2) is 4.98 Å². The second kappa shape index (κ2) is 6.78. The van der Waals surface area contributed by atoms with Crippen molar-refractivity contribution >= 4 is 17.3 Å². The van der Waals surface area contributed by atoms with Crippen molar-refractivity contribution in [1.29, 1.82) is 0 Å². The molecule has 0 fully saturated rings. The Kier molecular flexibility index (Phi) is 5.35. The minimum absolute atomic E-state index is 0.0491. The first-order chi connectivity index (χ1) is 8.54. The Balaban J connectivity index is 2.44. The van der Waals surface area contributed by atoms with E-state index in [1.165, 1.54) is 12.5 Å². The third kappa shape index (κ3) is 4.20. The molecule has 1 aromatic heterocycles. The summed E-state index contributed by atoms with van der Waals surface area (Å²) in [5.74, 6) is 1.26. The fourth-order valence-electron chi connectivity index (χ4n) is 1.59. The first-order valence-electron chi connectivity index (χ1n) is 6.19. The van der Waals surface area contributed by atoms with Gasteiger partial charge >= 0.3 is 5.69 Å². The molecular formula is C12H20N4O2. The van der Waals surface area contributed by atoms with Gasteiger partial charge in [0.2, 0.25) is 5.82 Å². The molecule has 6 nitrogen and oxygen atoms in total. The molecule has 1 unspecified atom stereocenters. The first kappa shape index (κ1) is 14.2. The van der Waals surface area contributed by atoms with Crippen LogP contribution in [-0.2, 0) is 0 Å². The number of hydrogen-bond acceptors (Lipinski definition) is 5. The third-order valence-corrected chi connectivity index (χ3v) is 2.98. The van der Waals surface area contributed by atoms with Crippen molar-refractivity contribution in [3.05, 3.63) is 22.2 Å². The van der Waals surface area contributed by atoms with Crippen LogP contribution in [0.2, 0.25) is 0 Å². The molecule has 1 heterocycles. The van der Waals surface area contributed by atoms with E-state index < -0.39 is 4.92 Å². The minimum atomic E-state index is -0.533. The molecule has 100 valence electrons. The largest absolute Gasteiger partial charge is 0.378 e. The number of nitrogens with two attached hydrogens (primary N) is 1. The van der Waals surface area contributed by atoms with E-state index in [2.05, 4.69) is 24.1 Å². The quantitative estimate of drug-likeness (QED) is 0.442. The fourth-order valence-corrected chi connectivity index (χ4v) is 1.59. The molecule has 0 amide bonds. The van der Waals surface area contributed by atoms with E-state index in [-0.39, 0.29) is 11.5 Å². The number of nitrogen functional groups attached to an aromatic ring is 1. The Labute approximate surface area is 107 Å². The van der Waals surface area contributed by atoms with Gasteiger partial charge in [0.25, 0.3) is 0 Å². The maximum absolute atomic E-state index is 10.6. The molecule has 0 aliphatic rings. The molecule has 1 aromatic rings. The number of nitrogens with zero attached hydrogens (tertiary/aromatic N) is 2. The lowest BCUT2D eigenvalue weighted by atomic mass is 10.0. The molecule has 0 spiro atoms. The number of nitro groups is 1. The van der Waals surface area contributed by atoms with E-state index in [9.17, 15) is 10.1 Å². The van der Waals surface area contributed by atoms with Gasteiger partial charge in [-0.15, -0.1) is 0 Å². The van der Waals surface area contributed by atoms with Gasteiger partial charge < -0.3 is 11.1 Å². The molecular weight excluding hydrogens is 232 g/mol. The SMILES string of the molecule is CCC(C)CCCNc1ccc([N+](=O)[O-])c(N)n1. The van der Waals surface area contributed by atoms with Crippen molar-refractivity contribution < 1.29 is 4.92 Å². The van der Waals surface area contributed by atoms with Crippen LogP contribution >= 0.6 is 0 Å². The van der Waals surface area contributed by atoms with Crippen LogP contribution in [0.4, 0.5) is 17.3 Å². The van der Waals surface area contributed by atoms with Gasteiger partial charge in [-0.3, -0.25) is 10.1 Å². The summed E-state index contributed by atoms with van der Waals surface area (Å²) in [6, 6.07) is 2.96. The van der Waals surface area contributed by atoms with Gasteiger partial charge in [0, 0.05) is 12.6 Å². The van der Waals surface area contributed by atoms with Crippen molar-refractivity contribution in [2.24, 2.45) is 5.92 Å². The molecule has 1 atom stereocenters. The molecule has 1 rings (SSSR count). The average molecular weight is 252 g/mol. The first-order valence-corrected chi connectivity index (χ1v) is 6.19. The standard InChI is InChI=1S/C12H20N4O2/c1-3-9(2)5-4-8-14-11-7-6-10(16(17)18)12(13)15-11/h6-7,9H,3-5,8H2,1-2H3,(H3,13,14,15). The van der Waals surface area contributed by atoms with Crippen LogP contribution in [0.1, 0.15) is 33.1 Å². The van der Waals surface area contributed by atoms with Crippen molar-refractivity contribution in [3.8, 4) is 0 Å². The molecule has 0 saturated heterocycles. The summed E-state index contributed by atoms with van der Waals surface area (Å²) < 4.78 is 0. The third-order valence-electron chi connectivity index (χ3n) is 2.98. The molecule has 0 aliphatic heterocycles. The molecule has 0 aliphatic carbocycles. The van der Waals surface area contributed by atoms with Gasteiger partial charge in [0.1, 0.15) is 5.82 Å². The second-order valence-electron chi connectivity index (χ2n) is 4.44. The number of pyridine rings is 1. The van der Waals surface area contributed by atoms with Crippen molar-refractivity contribution in [3.63, 3.8) is 0 Å². The topological polar surface area (TPSA) is 94.1 Å². The van der Waals surface area contributed by atoms with Gasteiger partial charge in [-0.05, 0) is 24.8 Å². The smallest absolute Gasteiger partial charge is 0.311 e. The summed E-state index contributed by atoms with van der Waals surface area (Å²) in [7, 11) is 0. The predicted octanol–water partition coefficient (Wildman–Crippen LogP) is 2.81. The Hall–Kier alpha value is -1.85. The highest BCUT2D eigenvalue weighted by atomic mass is 16.6. The van der Waals surface area contributed by atoms with Gasteiger partial charge in [0.15, 0.2) is 0 Å². The molecule has 6 heteroatoms. The van der Waals surface area contributed by atoms with Crippen LogP contribution < -0.4 is 11.1 Å². The van der Waals surface area contributed by atoms with E-state index in [0.29, 0.717) is 5.82 Å². The summed E-state index contributed by atoms with van der Waals surface area (Å²) in [5.41, 5.74) is 5.35. The molecule has 18 heavy (non-hydrogen) atoms. The average Bonchev–Trinajstić information content (AvgIpc) is 2.34. The highest BCUT2D eigenvalue weighted by molar-refractivity contribution is 5.57. The molecule has 0 bridgehead atoms. The van der Waals surface area contributed by atoms with E-state index in [4.69, 9.17) is 5.73 Å². The Morgan fingerprint density at radius 3 is 2.83 bits per heavy atom. The zero-order valence-electron chi connectivity index (χ0n) is 10.8. The normalized spacial score (nSPS) is 12.1. The molecule has 0 radical (unpaired) electrons. The molecule has 0 saturated carbocycles. The Morgan fingerprint density at radius 1 is 1.56 bits per heavy atom.